The van der Waals surface area contributed by atoms with Gasteiger partial charge in [0.25, 0.3) is 0 Å². The summed E-state index contributed by atoms with van der Waals surface area (Å²) in [5, 5.41) is 4.90. The predicted octanol–water partition coefficient (Wildman–Crippen LogP) is 4.35. The fraction of sp³-hybridized carbons (Fsp3) is 0.320. The number of hydrogen-bond donors (Lipinski definition) is 0. The number of piperazine rings is 1. The van der Waals surface area contributed by atoms with E-state index in [4.69, 9.17) is 15.1 Å². The molecule has 158 valence electrons. The zero-order valence-corrected chi connectivity index (χ0v) is 18.6. The number of anilines is 2. The fourth-order valence-electron chi connectivity index (χ4n) is 4.38. The van der Waals surface area contributed by atoms with E-state index >= 15 is 0 Å². The summed E-state index contributed by atoms with van der Waals surface area (Å²) in [5.74, 6) is 2.17. The van der Waals surface area contributed by atoms with Gasteiger partial charge in [-0.15, -0.1) is 0 Å². The van der Waals surface area contributed by atoms with Crippen LogP contribution in [-0.2, 0) is 0 Å². The van der Waals surface area contributed by atoms with E-state index in [1.165, 1.54) is 5.56 Å². The summed E-state index contributed by atoms with van der Waals surface area (Å²) >= 11 is 0. The normalized spacial score (nSPS) is 14.5. The van der Waals surface area contributed by atoms with Gasteiger partial charge in [0.2, 0.25) is 0 Å². The molecule has 3 aromatic heterocycles. The molecule has 1 aliphatic heterocycles. The molecule has 5 rings (SSSR count). The molecule has 1 saturated heterocycles. The van der Waals surface area contributed by atoms with E-state index in [1.807, 2.05) is 17.5 Å². The maximum atomic E-state index is 4.90. The zero-order valence-electron chi connectivity index (χ0n) is 18.6. The monoisotopic (exact) mass is 412 g/mol. The molecule has 1 fully saturated rings. The average molecular weight is 413 g/mol. The molecule has 0 bridgehead atoms. The molecule has 0 amide bonds. The lowest BCUT2D eigenvalue weighted by Gasteiger charge is -2.36. The van der Waals surface area contributed by atoms with Gasteiger partial charge in [0.1, 0.15) is 11.6 Å². The van der Waals surface area contributed by atoms with Gasteiger partial charge < -0.3 is 9.80 Å². The van der Waals surface area contributed by atoms with Crippen molar-refractivity contribution < 1.29 is 0 Å². The summed E-state index contributed by atoms with van der Waals surface area (Å²) in [4.78, 5) is 14.3. The van der Waals surface area contributed by atoms with Crippen LogP contribution in [-0.4, -0.2) is 45.8 Å². The van der Waals surface area contributed by atoms with Gasteiger partial charge in [-0.2, -0.15) is 9.61 Å². The molecule has 1 aromatic carbocycles. The minimum atomic E-state index is 0.924. The number of pyridine rings is 1. The van der Waals surface area contributed by atoms with Gasteiger partial charge in [-0.05, 0) is 45.4 Å². The minimum Gasteiger partial charge on any atom is -0.353 e. The summed E-state index contributed by atoms with van der Waals surface area (Å²) in [6, 6.07) is 17.0. The van der Waals surface area contributed by atoms with Gasteiger partial charge in [0.05, 0.1) is 5.69 Å². The third-order valence-corrected chi connectivity index (χ3v) is 6.01. The van der Waals surface area contributed by atoms with Crippen LogP contribution in [0.3, 0.4) is 0 Å². The Kier molecular flexibility index (Phi) is 4.85. The Hall–Kier alpha value is -3.41. The maximum Gasteiger partial charge on any atom is 0.165 e. The van der Waals surface area contributed by atoms with Gasteiger partial charge in [0.15, 0.2) is 5.65 Å². The summed E-state index contributed by atoms with van der Waals surface area (Å²) < 4.78 is 2.03. The largest absolute Gasteiger partial charge is 0.353 e. The fourth-order valence-corrected chi connectivity index (χ4v) is 4.38. The topological polar surface area (TPSA) is 49.6 Å². The molecule has 31 heavy (non-hydrogen) atoms. The van der Waals surface area contributed by atoms with E-state index in [-0.39, 0.29) is 0 Å². The lowest BCUT2D eigenvalue weighted by atomic mass is 10.0. The van der Waals surface area contributed by atoms with Crippen LogP contribution in [0.5, 0.6) is 0 Å². The Labute approximate surface area is 183 Å². The van der Waals surface area contributed by atoms with E-state index in [0.29, 0.717) is 0 Å². The van der Waals surface area contributed by atoms with Crippen LogP contribution < -0.4 is 9.80 Å². The highest BCUT2D eigenvalue weighted by Crippen LogP contribution is 2.31. The van der Waals surface area contributed by atoms with Crippen LogP contribution in [0, 0.1) is 27.7 Å². The van der Waals surface area contributed by atoms with Crippen LogP contribution >= 0.6 is 0 Å². The molecular formula is C25H28N6. The van der Waals surface area contributed by atoms with Gasteiger partial charge in [-0.25, -0.2) is 9.97 Å². The van der Waals surface area contributed by atoms with Crippen LogP contribution in [0.2, 0.25) is 0 Å². The molecule has 0 atom stereocenters. The Morgan fingerprint density at radius 1 is 0.742 bits per heavy atom. The van der Waals surface area contributed by atoms with Gasteiger partial charge in [-0.1, -0.05) is 35.9 Å². The molecule has 0 aliphatic carbocycles. The van der Waals surface area contributed by atoms with Crippen LogP contribution in [0.1, 0.15) is 22.6 Å². The van der Waals surface area contributed by atoms with Crippen molar-refractivity contribution in [1.82, 2.24) is 19.6 Å². The van der Waals surface area contributed by atoms with Gasteiger partial charge in [0, 0.05) is 49.2 Å². The molecular weight excluding hydrogens is 384 g/mol. The van der Waals surface area contributed by atoms with E-state index in [1.54, 1.807) is 0 Å². The average Bonchev–Trinajstić information content (AvgIpc) is 3.09. The number of aromatic nitrogens is 4. The summed E-state index contributed by atoms with van der Waals surface area (Å²) in [5.41, 5.74) is 7.54. The number of aryl methyl sites for hydroxylation is 4. The first-order valence-corrected chi connectivity index (χ1v) is 10.9. The van der Waals surface area contributed by atoms with Crippen molar-refractivity contribution >= 4 is 17.3 Å². The van der Waals surface area contributed by atoms with Crippen molar-refractivity contribution in [1.29, 1.82) is 0 Å². The third-order valence-electron chi connectivity index (χ3n) is 6.01. The molecule has 0 unspecified atom stereocenters. The second kappa shape index (κ2) is 7.69. The first-order chi connectivity index (χ1) is 15.0. The van der Waals surface area contributed by atoms with E-state index in [9.17, 15) is 0 Å². The Balaban J connectivity index is 1.48. The summed E-state index contributed by atoms with van der Waals surface area (Å²) in [6.45, 7) is 12.0. The van der Waals surface area contributed by atoms with Crippen molar-refractivity contribution in [2.75, 3.05) is 36.0 Å². The standard InChI is InChI=1S/C25H28N6/c1-17-8-10-21(11-9-17)24-20(4)28-31-23(16-19(3)27-25(24)31)30-14-12-29(13-15-30)22-7-5-6-18(2)26-22/h5-11,16H,12-15H2,1-4H3. The van der Waals surface area contributed by atoms with Crippen LogP contribution in [0.4, 0.5) is 11.6 Å². The molecule has 6 heteroatoms. The number of rotatable bonds is 3. The molecule has 0 spiro atoms. The van der Waals surface area contributed by atoms with Crippen molar-refractivity contribution in [3.63, 3.8) is 0 Å². The smallest absolute Gasteiger partial charge is 0.165 e. The molecule has 0 radical (unpaired) electrons. The molecule has 4 aromatic rings. The number of fused-ring (bicyclic) bond motifs is 1. The number of benzene rings is 1. The molecule has 6 nitrogen and oxygen atoms in total. The lowest BCUT2D eigenvalue weighted by molar-refractivity contribution is 0.632. The lowest BCUT2D eigenvalue weighted by Crippen LogP contribution is -2.47. The highest BCUT2D eigenvalue weighted by Gasteiger charge is 2.23. The van der Waals surface area contributed by atoms with Crippen molar-refractivity contribution in [3.8, 4) is 11.1 Å². The van der Waals surface area contributed by atoms with Crippen molar-refractivity contribution in [2.45, 2.75) is 27.7 Å². The van der Waals surface area contributed by atoms with Crippen LogP contribution in [0.15, 0.2) is 48.5 Å². The quantitative estimate of drug-likeness (QED) is 0.501. The minimum absolute atomic E-state index is 0.924. The third kappa shape index (κ3) is 3.63. The predicted molar refractivity (Wildman–Crippen MR) is 126 cm³/mol. The number of nitrogens with zero attached hydrogens (tertiary/aromatic N) is 6. The van der Waals surface area contributed by atoms with Crippen molar-refractivity contribution in [2.24, 2.45) is 0 Å². The summed E-state index contributed by atoms with van der Waals surface area (Å²) in [7, 11) is 0. The zero-order chi connectivity index (χ0) is 21.5. The molecule has 1 aliphatic rings. The first-order valence-electron chi connectivity index (χ1n) is 10.9. The highest BCUT2D eigenvalue weighted by molar-refractivity contribution is 5.81. The van der Waals surface area contributed by atoms with Gasteiger partial charge >= 0.3 is 0 Å². The van der Waals surface area contributed by atoms with E-state index in [2.05, 4.69) is 73.0 Å². The number of hydrogen-bond acceptors (Lipinski definition) is 5. The SMILES string of the molecule is Cc1ccc(-c2c(C)nn3c(N4CCN(c5cccc(C)n5)CC4)cc(C)nc23)cc1. The maximum absolute atomic E-state index is 4.90. The molecule has 4 heterocycles. The summed E-state index contributed by atoms with van der Waals surface area (Å²) in [6.07, 6.45) is 0. The first kappa shape index (κ1) is 19.5. The second-order valence-corrected chi connectivity index (χ2v) is 8.43. The molecule has 0 N–H and O–H groups in total. The Morgan fingerprint density at radius 2 is 1.45 bits per heavy atom. The van der Waals surface area contributed by atoms with E-state index < -0.39 is 0 Å². The van der Waals surface area contributed by atoms with E-state index in [0.717, 1.165) is 71.7 Å². The molecule has 0 saturated carbocycles. The Bertz CT molecular complexity index is 1230. The Morgan fingerprint density at radius 3 is 2.16 bits per heavy atom. The second-order valence-electron chi connectivity index (χ2n) is 8.43. The van der Waals surface area contributed by atoms with Crippen LogP contribution in [0.25, 0.3) is 16.8 Å². The van der Waals surface area contributed by atoms with Crippen molar-refractivity contribution in [3.05, 3.63) is 71.2 Å². The van der Waals surface area contributed by atoms with Gasteiger partial charge in [-0.3, -0.25) is 0 Å². The highest BCUT2D eigenvalue weighted by atomic mass is 15.4.